The third-order valence-corrected chi connectivity index (χ3v) is 3.84. The number of amides is 1. The maximum atomic E-state index is 12.3. The van der Waals surface area contributed by atoms with Gasteiger partial charge in [-0.05, 0) is 18.2 Å². The summed E-state index contributed by atoms with van der Waals surface area (Å²) in [6, 6.07) is 8.69. The van der Waals surface area contributed by atoms with Crippen molar-refractivity contribution < 1.29 is 23.7 Å². The molecule has 1 aliphatic heterocycles. The predicted octanol–water partition coefficient (Wildman–Crippen LogP) is 2.79. The van der Waals surface area contributed by atoms with Gasteiger partial charge in [-0.3, -0.25) is 4.79 Å². The fraction of sp³-hybridized carbons (Fsp3) is 0.222. The molecule has 7 heteroatoms. The van der Waals surface area contributed by atoms with E-state index in [9.17, 15) is 4.79 Å². The summed E-state index contributed by atoms with van der Waals surface area (Å²) in [5.74, 6) is 1.76. The average Bonchev–Trinajstić information content (AvgIpc) is 2.95. The summed E-state index contributed by atoms with van der Waals surface area (Å²) in [7, 11) is 6.15. The smallest absolute Gasteiger partial charge is 0.275 e. The molecule has 25 heavy (non-hydrogen) atoms. The molecule has 0 unspecified atom stereocenters. The van der Waals surface area contributed by atoms with Crippen LogP contribution in [0.1, 0.15) is 5.56 Å². The SMILES string of the molecule is COc1ccc2c(c1)C(=Nc1cc(OC)c(OC)c(OC)c1)C(=O)N2. The first kappa shape index (κ1) is 16.6. The van der Waals surface area contributed by atoms with Gasteiger partial charge in [-0.25, -0.2) is 4.99 Å². The molecule has 0 aliphatic carbocycles. The van der Waals surface area contributed by atoms with Crippen LogP contribution in [0.4, 0.5) is 11.4 Å². The zero-order valence-corrected chi connectivity index (χ0v) is 14.4. The Balaban J connectivity index is 2.11. The quantitative estimate of drug-likeness (QED) is 0.904. The molecule has 7 nitrogen and oxygen atoms in total. The highest BCUT2D eigenvalue weighted by Crippen LogP contribution is 2.41. The minimum absolute atomic E-state index is 0.281. The minimum Gasteiger partial charge on any atom is -0.497 e. The molecule has 0 fully saturated rings. The van der Waals surface area contributed by atoms with Crippen molar-refractivity contribution in [3.05, 3.63) is 35.9 Å². The molecule has 0 spiro atoms. The third-order valence-electron chi connectivity index (χ3n) is 3.84. The van der Waals surface area contributed by atoms with Crippen LogP contribution in [0.5, 0.6) is 23.0 Å². The van der Waals surface area contributed by atoms with Crippen molar-refractivity contribution in [1.82, 2.24) is 0 Å². The Hall–Kier alpha value is -3.22. The fourth-order valence-electron chi connectivity index (χ4n) is 2.63. The minimum atomic E-state index is -0.281. The lowest BCUT2D eigenvalue weighted by molar-refractivity contribution is -0.110. The van der Waals surface area contributed by atoms with Crippen molar-refractivity contribution in [1.29, 1.82) is 0 Å². The number of hydrogen-bond acceptors (Lipinski definition) is 6. The van der Waals surface area contributed by atoms with Gasteiger partial charge >= 0.3 is 0 Å². The van der Waals surface area contributed by atoms with E-state index in [0.717, 1.165) is 0 Å². The van der Waals surface area contributed by atoms with E-state index >= 15 is 0 Å². The lowest BCUT2D eigenvalue weighted by Crippen LogP contribution is -2.13. The van der Waals surface area contributed by atoms with Crippen molar-refractivity contribution in [2.45, 2.75) is 0 Å². The Bertz CT molecular complexity index is 836. The lowest BCUT2D eigenvalue weighted by atomic mass is 10.1. The van der Waals surface area contributed by atoms with Crippen LogP contribution in [0.15, 0.2) is 35.3 Å². The number of aliphatic imine (C=N–C) groups is 1. The van der Waals surface area contributed by atoms with Crippen LogP contribution in [-0.4, -0.2) is 40.1 Å². The first-order valence-corrected chi connectivity index (χ1v) is 7.49. The van der Waals surface area contributed by atoms with Gasteiger partial charge < -0.3 is 24.3 Å². The Labute approximate surface area is 145 Å². The molecule has 0 aromatic heterocycles. The molecule has 1 amide bonds. The number of methoxy groups -OCH3 is 4. The summed E-state index contributed by atoms with van der Waals surface area (Å²) in [6.07, 6.45) is 0. The number of nitrogens with zero attached hydrogens (tertiary/aromatic N) is 1. The number of anilines is 1. The van der Waals surface area contributed by atoms with Crippen LogP contribution in [0.25, 0.3) is 0 Å². The van der Waals surface area contributed by atoms with E-state index in [0.29, 0.717) is 45.6 Å². The highest BCUT2D eigenvalue weighted by molar-refractivity contribution is 6.54. The molecular formula is C18H18N2O5. The Kier molecular flexibility index (Phi) is 4.47. The lowest BCUT2D eigenvalue weighted by Gasteiger charge is -2.12. The zero-order chi connectivity index (χ0) is 18.0. The number of benzene rings is 2. The molecular weight excluding hydrogens is 324 g/mol. The van der Waals surface area contributed by atoms with Crippen LogP contribution >= 0.6 is 0 Å². The third kappa shape index (κ3) is 2.96. The van der Waals surface area contributed by atoms with Crippen molar-refractivity contribution in [2.75, 3.05) is 33.8 Å². The Morgan fingerprint density at radius 1 is 0.880 bits per heavy atom. The molecule has 2 aromatic rings. The van der Waals surface area contributed by atoms with Crippen molar-refractivity contribution in [2.24, 2.45) is 4.99 Å². The van der Waals surface area contributed by atoms with Gasteiger partial charge in [0.15, 0.2) is 11.5 Å². The molecule has 1 N–H and O–H groups in total. The van der Waals surface area contributed by atoms with E-state index in [4.69, 9.17) is 18.9 Å². The van der Waals surface area contributed by atoms with Crippen molar-refractivity contribution >= 4 is 23.0 Å². The summed E-state index contributed by atoms with van der Waals surface area (Å²) in [5.41, 5.74) is 2.17. The molecule has 2 aromatic carbocycles. The van der Waals surface area contributed by atoms with Crippen molar-refractivity contribution in [3.8, 4) is 23.0 Å². The van der Waals surface area contributed by atoms with Gasteiger partial charge in [0.25, 0.3) is 5.91 Å². The normalized spacial score (nSPS) is 14.1. The van der Waals surface area contributed by atoms with Gasteiger partial charge in [-0.15, -0.1) is 0 Å². The summed E-state index contributed by atoms with van der Waals surface area (Å²) < 4.78 is 21.2. The van der Waals surface area contributed by atoms with Crippen LogP contribution < -0.4 is 24.3 Å². The molecule has 1 heterocycles. The Morgan fingerprint density at radius 3 is 2.12 bits per heavy atom. The molecule has 0 saturated carbocycles. The molecule has 0 bridgehead atoms. The average molecular weight is 342 g/mol. The number of carbonyl (C=O) groups is 1. The molecule has 1 aliphatic rings. The van der Waals surface area contributed by atoms with E-state index in [1.165, 1.54) is 21.3 Å². The molecule has 3 rings (SSSR count). The fourth-order valence-corrected chi connectivity index (χ4v) is 2.63. The molecule has 0 radical (unpaired) electrons. The maximum absolute atomic E-state index is 12.3. The summed E-state index contributed by atoms with van der Waals surface area (Å²) in [4.78, 5) is 16.8. The second-order valence-electron chi connectivity index (χ2n) is 5.21. The number of fused-ring (bicyclic) bond motifs is 1. The molecule has 130 valence electrons. The molecule has 0 saturated heterocycles. The van der Waals surface area contributed by atoms with Gasteiger partial charge in [0.2, 0.25) is 5.75 Å². The van der Waals surface area contributed by atoms with Crippen LogP contribution in [0.3, 0.4) is 0 Å². The predicted molar refractivity (Wildman–Crippen MR) is 93.9 cm³/mol. The zero-order valence-electron chi connectivity index (χ0n) is 14.4. The second-order valence-corrected chi connectivity index (χ2v) is 5.21. The van der Waals surface area contributed by atoms with Gasteiger partial charge in [0.05, 0.1) is 39.8 Å². The van der Waals surface area contributed by atoms with E-state index in [1.54, 1.807) is 37.4 Å². The monoisotopic (exact) mass is 342 g/mol. The number of rotatable bonds is 5. The number of hydrogen-bond donors (Lipinski definition) is 1. The second kappa shape index (κ2) is 6.72. The highest BCUT2D eigenvalue weighted by atomic mass is 16.5. The van der Waals surface area contributed by atoms with Crippen molar-refractivity contribution in [3.63, 3.8) is 0 Å². The van der Waals surface area contributed by atoms with E-state index < -0.39 is 0 Å². The van der Waals surface area contributed by atoms with Gasteiger partial charge in [-0.1, -0.05) is 0 Å². The summed E-state index contributed by atoms with van der Waals surface area (Å²) in [6.45, 7) is 0. The largest absolute Gasteiger partial charge is 0.497 e. The first-order valence-electron chi connectivity index (χ1n) is 7.49. The summed E-state index contributed by atoms with van der Waals surface area (Å²) in [5, 5.41) is 2.79. The highest BCUT2D eigenvalue weighted by Gasteiger charge is 2.27. The number of carbonyl (C=O) groups excluding carboxylic acids is 1. The van der Waals surface area contributed by atoms with Crippen LogP contribution in [0.2, 0.25) is 0 Å². The standard InChI is InChI=1S/C18H18N2O5/c1-22-11-5-6-13-12(9-11)16(18(21)20-13)19-10-7-14(23-2)17(25-4)15(8-10)24-3/h5-9H,1-4H3,(H,19,20,21). The van der Waals surface area contributed by atoms with Gasteiger partial charge in [0, 0.05) is 17.7 Å². The number of ether oxygens (including phenoxy) is 4. The summed E-state index contributed by atoms with van der Waals surface area (Å²) >= 11 is 0. The van der Waals surface area contributed by atoms with Gasteiger partial charge in [0.1, 0.15) is 11.5 Å². The first-order chi connectivity index (χ1) is 12.1. The topological polar surface area (TPSA) is 78.4 Å². The van der Waals surface area contributed by atoms with E-state index in [-0.39, 0.29) is 5.91 Å². The van der Waals surface area contributed by atoms with E-state index in [2.05, 4.69) is 10.3 Å². The van der Waals surface area contributed by atoms with Gasteiger partial charge in [-0.2, -0.15) is 0 Å². The van der Waals surface area contributed by atoms with E-state index in [1.807, 2.05) is 0 Å². The Morgan fingerprint density at radius 2 is 1.56 bits per heavy atom. The number of nitrogens with one attached hydrogen (secondary N) is 1. The molecule has 0 atom stereocenters. The van der Waals surface area contributed by atoms with Crippen LogP contribution in [0, 0.1) is 0 Å². The maximum Gasteiger partial charge on any atom is 0.275 e. The van der Waals surface area contributed by atoms with Crippen LogP contribution in [-0.2, 0) is 4.79 Å².